The fourth-order valence-corrected chi connectivity index (χ4v) is 4.26. The molecule has 2 aromatic rings. The summed E-state index contributed by atoms with van der Waals surface area (Å²) in [6, 6.07) is 0.903. The lowest BCUT2D eigenvalue weighted by Crippen LogP contribution is -2.33. The van der Waals surface area contributed by atoms with Crippen LogP contribution < -0.4 is 15.4 Å². The van der Waals surface area contributed by atoms with E-state index in [1.807, 2.05) is 27.7 Å². The number of aryl methyl sites for hydroxylation is 2. The monoisotopic (exact) mass is 575 g/mol. The minimum atomic E-state index is -4.92. The molecule has 0 saturated carbocycles. The highest BCUT2D eigenvalue weighted by atomic mass is 32.1. The van der Waals surface area contributed by atoms with Crippen molar-refractivity contribution in [3.05, 3.63) is 32.6 Å². The Morgan fingerprint density at radius 1 is 1.13 bits per heavy atom. The van der Waals surface area contributed by atoms with Gasteiger partial charge in [0.2, 0.25) is 10.2 Å². The van der Waals surface area contributed by atoms with E-state index in [1.54, 1.807) is 0 Å². The third-order valence-corrected chi connectivity index (χ3v) is 6.42. The number of hydrogen-bond donors (Lipinski definition) is 1. The zero-order valence-corrected chi connectivity index (χ0v) is 23.6. The number of aromatic nitrogens is 2. The van der Waals surface area contributed by atoms with Crippen LogP contribution in [0.1, 0.15) is 87.8 Å². The maximum atomic E-state index is 14.0. The lowest BCUT2D eigenvalue weighted by Gasteiger charge is -2.22. The van der Waals surface area contributed by atoms with Gasteiger partial charge in [0.1, 0.15) is 10.6 Å². The summed E-state index contributed by atoms with van der Waals surface area (Å²) >= 11 is 1.11. The molecule has 0 aliphatic rings. The van der Waals surface area contributed by atoms with Crippen molar-refractivity contribution in [2.45, 2.75) is 85.9 Å². The number of carbonyl (C=O) groups excluding carboxylic acids is 3. The van der Waals surface area contributed by atoms with Crippen LogP contribution >= 0.6 is 11.3 Å². The standard InChI is InChI=1S/C24H32F3N5O6S/c1-8-10-11-31-22(39-21(30-31)23(5,6)7)29-20(35)17-16(38-32(36-13(3)33)37-14(4)34)12-15(9-2)18(19(17)28)24(25,26)27/h12H,8-11,28H2,1-7H3. The normalized spacial score (nSPS) is 12.5. The summed E-state index contributed by atoms with van der Waals surface area (Å²) in [4.78, 5) is 55.2. The van der Waals surface area contributed by atoms with Gasteiger partial charge in [-0.15, -0.1) is 0 Å². The highest BCUT2D eigenvalue weighted by Crippen LogP contribution is 2.42. The average Bonchev–Trinajstić information content (AvgIpc) is 3.18. The van der Waals surface area contributed by atoms with Crippen LogP contribution in [0.2, 0.25) is 0 Å². The van der Waals surface area contributed by atoms with Gasteiger partial charge in [-0.2, -0.15) is 23.3 Å². The van der Waals surface area contributed by atoms with Crippen molar-refractivity contribution in [2.24, 2.45) is 4.99 Å². The van der Waals surface area contributed by atoms with E-state index >= 15 is 0 Å². The Morgan fingerprint density at radius 3 is 2.18 bits per heavy atom. The van der Waals surface area contributed by atoms with E-state index in [0.29, 0.717) is 18.0 Å². The van der Waals surface area contributed by atoms with Gasteiger partial charge in [0.15, 0.2) is 5.75 Å². The Bertz CT molecular complexity index is 1280. The maximum Gasteiger partial charge on any atom is 0.418 e. The Balaban J connectivity index is 2.82. The topological polar surface area (TPSA) is 138 Å². The molecule has 0 aliphatic heterocycles. The van der Waals surface area contributed by atoms with E-state index in [0.717, 1.165) is 37.7 Å². The first-order valence-electron chi connectivity index (χ1n) is 12.0. The van der Waals surface area contributed by atoms with E-state index in [-0.39, 0.29) is 27.6 Å². The van der Waals surface area contributed by atoms with Gasteiger partial charge >= 0.3 is 18.1 Å². The Labute approximate surface area is 227 Å². The number of amides is 1. The molecule has 39 heavy (non-hydrogen) atoms. The third-order valence-electron chi connectivity index (χ3n) is 5.05. The van der Waals surface area contributed by atoms with Crippen molar-refractivity contribution in [3.8, 4) is 5.75 Å². The van der Waals surface area contributed by atoms with E-state index in [2.05, 4.69) is 19.8 Å². The number of alkyl halides is 3. The van der Waals surface area contributed by atoms with Crippen molar-refractivity contribution in [1.29, 1.82) is 0 Å². The number of hydrogen-bond acceptors (Lipinski definition) is 10. The van der Waals surface area contributed by atoms with Crippen LogP contribution in [0.15, 0.2) is 11.1 Å². The molecule has 0 atom stereocenters. The van der Waals surface area contributed by atoms with Crippen molar-refractivity contribution in [1.82, 2.24) is 15.2 Å². The molecule has 0 spiro atoms. The van der Waals surface area contributed by atoms with Gasteiger partial charge in [0.05, 0.1) is 11.3 Å². The molecule has 2 rings (SSSR count). The van der Waals surface area contributed by atoms with Gasteiger partial charge in [-0.25, -0.2) is 4.68 Å². The molecule has 15 heteroatoms. The van der Waals surface area contributed by atoms with Crippen LogP contribution in [-0.2, 0) is 43.8 Å². The molecule has 0 radical (unpaired) electrons. The summed E-state index contributed by atoms with van der Waals surface area (Å²) < 4.78 is 43.6. The highest BCUT2D eigenvalue weighted by molar-refractivity contribution is 7.09. The molecular weight excluding hydrogens is 543 g/mol. The Kier molecular flexibility index (Phi) is 10.3. The minimum absolute atomic E-state index is 0.0191. The second kappa shape index (κ2) is 12.6. The second-order valence-electron chi connectivity index (χ2n) is 9.46. The second-order valence-corrected chi connectivity index (χ2v) is 10.4. The molecular formula is C24H32F3N5O6S. The Hall–Kier alpha value is -3.46. The fourth-order valence-electron chi connectivity index (χ4n) is 3.28. The van der Waals surface area contributed by atoms with Gasteiger partial charge in [-0.3, -0.25) is 14.4 Å². The van der Waals surface area contributed by atoms with Crippen molar-refractivity contribution >= 4 is 34.9 Å². The van der Waals surface area contributed by atoms with Gasteiger partial charge < -0.3 is 20.2 Å². The molecule has 0 fully saturated rings. The summed E-state index contributed by atoms with van der Waals surface area (Å²) in [5, 5.41) is 5.17. The highest BCUT2D eigenvalue weighted by Gasteiger charge is 2.39. The molecule has 0 unspecified atom stereocenters. The lowest BCUT2D eigenvalue weighted by molar-refractivity contribution is -0.446. The van der Waals surface area contributed by atoms with Crippen LogP contribution in [0.4, 0.5) is 18.9 Å². The fraction of sp³-hybridized carbons (Fsp3) is 0.542. The number of halogens is 3. The summed E-state index contributed by atoms with van der Waals surface area (Å²) in [6.45, 7) is 11.5. The van der Waals surface area contributed by atoms with E-state index in [4.69, 9.17) is 10.6 Å². The predicted octanol–water partition coefficient (Wildman–Crippen LogP) is 4.50. The molecule has 1 aromatic carbocycles. The van der Waals surface area contributed by atoms with Crippen molar-refractivity contribution in [3.63, 3.8) is 0 Å². The largest absolute Gasteiger partial charge is 0.418 e. The van der Waals surface area contributed by atoms with E-state index < -0.39 is 46.6 Å². The molecule has 1 amide bonds. The van der Waals surface area contributed by atoms with Gasteiger partial charge in [0, 0.05) is 25.8 Å². The van der Waals surface area contributed by atoms with Crippen LogP contribution in [0, 0.1) is 0 Å². The van der Waals surface area contributed by atoms with E-state index in [1.165, 1.54) is 11.6 Å². The predicted molar refractivity (Wildman–Crippen MR) is 135 cm³/mol. The molecule has 11 nitrogen and oxygen atoms in total. The average molecular weight is 576 g/mol. The smallest absolute Gasteiger partial charge is 0.397 e. The van der Waals surface area contributed by atoms with Crippen LogP contribution in [-0.4, -0.2) is 33.0 Å². The molecule has 1 heterocycles. The third kappa shape index (κ3) is 8.26. The molecule has 1 aromatic heterocycles. The summed E-state index contributed by atoms with van der Waals surface area (Å²) in [5.41, 5.74) is 2.29. The van der Waals surface area contributed by atoms with Crippen molar-refractivity contribution in [2.75, 3.05) is 5.73 Å². The van der Waals surface area contributed by atoms with Crippen LogP contribution in [0.25, 0.3) is 0 Å². The van der Waals surface area contributed by atoms with Crippen LogP contribution in [0.5, 0.6) is 5.75 Å². The zero-order valence-electron chi connectivity index (χ0n) is 22.8. The number of nitrogens with zero attached hydrogens (tertiary/aromatic N) is 4. The van der Waals surface area contributed by atoms with E-state index in [9.17, 15) is 27.6 Å². The molecule has 0 aliphatic carbocycles. The summed E-state index contributed by atoms with van der Waals surface area (Å²) in [7, 11) is 0. The lowest BCUT2D eigenvalue weighted by atomic mass is 9.97. The SMILES string of the molecule is CCCCn1nc(C(C)(C)C)sc1=NC(=O)c1c(ON(OC(C)=O)OC(C)=O)cc(CC)c(C(F)(F)F)c1N. The zero-order chi connectivity index (χ0) is 29.7. The number of rotatable bonds is 9. The quantitative estimate of drug-likeness (QED) is 0.338. The first-order chi connectivity index (χ1) is 18.0. The van der Waals surface area contributed by atoms with Gasteiger partial charge in [-0.05, 0) is 24.5 Å². The first kappa shape index (κ1) is 31.8. The number of carbonyl (C=O) groups is 3. The number of benzene rings is 1. The number of unbranched alkanes of at least 4 members (excludes halogenated alkanes) is 1. The number of nitrogen functional groups attached to an aromatic ring is 1. The maximum absolute atomic E-state index is 14.0. The summed E-state index contributed by atoms with van der Waals surface area (Å²) in [6.07, 6.45) is -3.53. The number of nitrogens with two attached hydrogens (primary N) is 1. The minimum Gasteiger partial charge on any atom is -0.397 e. The van der Waals surface area contributed by atoms with Crippen LogP contribution in [0.3, 0.4) is 0 Å². The van der Waals surface area contributed by atoms with Crippen molar-refractivity contribution < 1.29 is 42.1 Å². The molecule has 0 saturated heterocycles. The molecule has 216 valence electrons. The van der Waals surface area contributed by atoms with Gasteiger partial charge in [0.25, 0.3) is 5.91 Å². The Morgan fingerprint density at radius 2 is 1.72 bits per heavy atom. The molecule has 2 N–H and O–H groups in total. The summed E-state index contributed by atoms with van der Waals surface area (Å²) in [5.74, 6) is -3.72. The van der Waals surface area contributed by atoms with Gasteiger partial charge in [-0.1, -0.05) is 52.4 Å². The number of anilines is 1. The first-order valence-corrected chi connectivity index (χ1v) is 12.9. The molecule has 0 bridgehead atoms.